The van der Waals surface area contributed by atoms with Gasteiger partial charge in [-0.25, -0.2) is 19.5 Å². The van der Waals surface area contributed by atoms with Crippen LogP contribution in [0.15, 0.2) is 85.1 Å². The molecule has 1 unspecified atom stereocenters. The van der Waals surface area contributed by atoms with E-state index < -0.39 is 41.9 Å². The molecule has 0 radical (unpaired) electrons. The van der Waals surface area contributed by atoms with Gasteiger partial charge in [0.1, 0.15) is 12.2 Å². The van der Waals surface area contributed by atoms with Gasteiger partial charge in [-0.2, -0.15) is 0 Å². The standard InChI is InChI=1S/C34H45N5O6/c1-24(2)30(35)31(41)39(33(43)44-23-27-18-12-13-19-36-27)28(20-25-14-8-6-9-15-25)29(40)22-38(21-26-16-10-7-11-17-26)37-32(42)45-34(3,4)5/h6-19,24,28-30,40H,20-23,35H2,1-5H3,(H,37,42)/t28-,29-,30?/m0/s1. The van der Waals surface area contributed by atoms with Crippen LogP contribution in [0.2, 0.25) is 0 Å². The Morgan fingerprint density at radius 1 is 0.933 bits per heavy atom. The van der Waals surface area contributed by atoms with Crippen LogP contribution in [0, 0.1) is 5.92 Å². The van der Waals surface area contributed by atoms with Crippen molar-refractivity contribution in [1.29, 1.82) is 0 Å². The van der Waals surface area contributed by atoms with E-state index in [2.05, 4.69) is 10.4 Å². The molecule has 1 aromatic heterocycles. The fourth-order valence-electron chi connectivity index (χ4n) is 4.51. The Hall–Kier alpha value is -4.32. The summed E-state index contributed by atoms with van der Waals surface area (Å²) in [7, 11) is 0. The summed E-state index contributed by atoms with van der Waals surface area (Å²) in [4.78, 5) is 45.5. The summed E-state index contributed by atoms with van der Waals surface area (Å²) in [5.74, 6) is -0.993. The summed E-state index contributed by atoms with van der Waals surface area (Å²) in [6.07, 6.45) is -1.36. The Bertz CT molecular complexity index is 1350. The number of hydrogen-bond donors (Lipinski definition) is 3. The lowest BCUT2D eigenvalue weighted by Crippen LogP contribution is -2.59. The highest BCUT2D eigenvalue weighted by Gasteiger charge is 2.40. The second-order valence-electron chi connectivity index (χ2n) is 12.2. The SMILES string of the molecule is CC(C)C(N)C(=O)N(C(=O)OCc1ccccn1)[C@@H](Cc1ccccc1)[C@@H](O)CN(Cc1ccccc1)NC(=O)OC(C)(C)C. The van der Waals surface area contributed by atoms with Crippen molar-refractivity contribution in [3.63, 3.8) is 0 Å². The van der Waals surface area contributed by atoms with Crippen molar-refractivity contribution in [3.8, 4) is 0 Å². The number of carbonyl (C=O) groups excluding carboxylic acids is 3. The van der Waals surface area contributed by atoms with E-state index in [0.29, 0.717) is 5.69 Å². The number of rotatable bonds is 13. The Balaban J connectivity index is 1.98. The van der Waals surface area contributed by atoms with Crippen molar-refractivity contribution in [1.82, 2.24) is 20.3 Å². The lowest BCUT2D eigenvalue weighted by Gasteiger charge is -2.37. The first kappa shape index (κ1) is 35.2. The zero-order valence-corrected chi connectivity index (χ0v) is 26.6. The number of aliphatic hydroxyl groups is 1. The minimum atomic E-state index is -1.35. The van der Waals surface area contributed by atoms with Crippen LogP contribution in [0.1, 0.15) is 51.4 Å². The number of carbonyl (C=O) groups is 3. The van der Waals surface area contributed by atoms with Crippen molar-refractivity contribution in [3.05, 3.63) is 102 Å². The molecule has 2 aromatic carbocycles. The lowest BCUT2D eigenvalue weighted by molar-refractivity contribution is -0.137. The molecule has 3 rings (SSSR count). The smallest absolute Gasteiger partial charge is 0.422 e. The highest BCUT2D eigenvalue weighted by Crippen LogP contribution is 2.20. The van der Waals surface area contributed by atoms with Gasteiger partial charge >= 0.3 is 12.2 Å². The molecule has 1 heterocycles. The molecule has 3 aromatic rings. The van der Waals surface area contributed by atoms with Gasteiger partial charge < -0.3 is 20.3 Å². The van der Waals surface area contributed by atoms with E-state index in [9.17, 15) is 19.5 Å². The number of nitrogens with zero attached hydrogens (tertiary/aromatic N) is 3. The molecule has 11 heteroatoms. The van der Waals surface area contributed by atoms with Gasteiger partial charge in [0.15, 0.2) is 0 Å². The molecule has 11 nitrogen and oxygen atoms in total. The second-order valence-corrected chi connectivity index (χ2v) is 12.2. The molecule has 0 spiro atoms. The molecule has 242 valence electrons. The molecule has 0 bridgehead atoms. The molecule has 4 N–H and O–H groups in total. The van der Waals surface area contributed by atoms with E-state index in [1.807, 2.05) is 60.7 Å². The van der Waals surface area contributed by atoms with Gasteiger partial charge in [0.2, 0.25) is 5.91 Å². The molecule has 45 heavy (non-hydrogen) atoms. The number of aromatic nitrogens is 1. The fraction of sp³-hybridized carbons (Fsp3) is 0.412. The summed E-state index contributed by atoms with van der Waals surface area (Å²) in [5.41, 5.74) is 10.4. The summed E-state index contributed by atoms with van der Waals surface area (Å²) in [6, 6.07) is 21.6. The van der Waals surface area contributed by atoms with Gasteiger partial charge in [-0.05, 0) is 56.4 Å². The monoisotopic (exact) mass is 619 g/mol. The number of amides is 3. The van der Waals surface area contributed by atoms with Crippen LogP contribution < -0.4 is 11.2 Å². The number of ether oxygens (including phenoxy) is 2. The normalized spacial score (nSPS) is 13.5. The number of imide groups is 1. The van der Waals surface area contributed by atoms with Gasteiger partial charge in [0.25, 0.3) is 0 Å². The first-order valence-corrected chi connectivity index (χ1v) is 15.0. The van der Waals surface area contributed by atoms with Crippen LogP contribution in [0.4, 0.5) is 9.59 Å². The van der Waals surface area contributed by atoms with Crippen molar-refractivity contribution >= 4 is 18.1 Å². The number of nitrogens with one attached hydrogen (secondary N) is 1. The maximum atomic E-state index is 13.9. The quantitative estimate of drug-likeness (QED) is 0.236. The molecule has 0 aliphatic heterocycles. The van der Waals surface area contributed by atoms with Crippen LogP contribution in [-0.4, -0.2) is 68.4 Å². The summed E-state index contributed by atoms with van der Waals surface area (Å²) < 4.78 is 11.0. The summed E-state index contributed by atoms with van der Waals surface area (Å²) in [5, 5.41) is 13.3. The largest absolute Gasteiger partial charge is 0.443 e. The maximum Gasteiger partial charge on any atom is 0.422 e. The predicted molar refractivity (Wildman–Crippen MR) is 170 cm³/mol. The first-order valence-electron chi connectivity index (χ1n) is 15.0. The van der Waals surface area contributed by atoms with E-state index in [1.54, 1.807) is 59.0 Å². The number of hydrazine groups is 1. The third kappa shape index (κ3) is 11.6. The highest BCUT2D eigenvalue weighted by molar-refractivity contribution is 5.95. The number of benzene rings is 2. The Labute approximate surface area is 265 Å². The number of hydrogen-bond acceptors (Lipinski definition) is 9. The van der Waals surface area contributed by atoms with E-state index in [0.717, 1.165) is 16.0 Å². The third-order valence-electron chi connectivity index (χ3n) is 6.84. The summed E-state index contributed by atoms with van der Waals surface area (Å²) in [6.45, 7) is 8.64. The number of aliphatic hydroxyl groups excluding tert-OH is 1. The van der Waals surface area contributed by atoms with Gasteiger partial charge in [0, 0.05) is 19.3 Å². The minimum absolute atomic E-state index is 0.100. The van der Waals surface area contributed by atoms with Crippen LogP contribution in [-0.2, 0) is 33.8 Å². The molecular weight excluding hydrogens is 574 g/mol. The van der Waals surface area contributed by atoms with Gasteiger partial charge in [-0.1, -0.05) is 80.6 Å². The molecule has 0 aliphatic carbocycles. The molecule has 3 atom stereocenters. The lowest BCUT2D eigenvalue weighted by atomic mass is 9.97. The molecule has 0 aliphatic rings. The van der Waals surface area contributed by atoms with Crippen molar-refractivity contribution in [2.45, 2.75) is 78.0 Å². The average molecular weight is 620 g/mol. The second kappa shape index (κ2) is 16.7. The molecular formula is C34H45N5O6. The molecule has 0 saturated carbocycles. The van der Waals surface area contributed by atoms with E-state index in [4.69, 9.17) is 15.2 Å². The van der Waals surface area contributed by atoms with E-state index in [1.165, 1.54) is 5.01 Å². The fourth-order valence-corrected chi connectivity index (χ4v) is 4.51. The zero-order chi connectivity index (χ0) is 33.0. The number of nitrogens with two attached hydrogens (primary N) is 1. The maximum absolute atomic E-state index is 13.9. The van der Waals surface area contributed by atoms with Crippen molar-refractivity contribution < 1.29 is 29.0 Å². The van der Waals surface area contributed by atoms with Crippen molar-refractivity contribution in [2.24, 2.45) is 11.7 Å². The topological polar surface area (TPSA) is 147 Å². The van der Waals surface area contributed by atoms with Crippen molar-refractivity contribution in [2.75, 3.05) is 6.54 Å². The molecule has 0 saturated heterocycles. The van der Waals surface area contributed by atoms with Crippen LogP contribution in [0.5, 0.6) is 0 Å². The predicted octanol–water partition coefficient (Wildman–Crippen LogP) is 4.44. The average Bonchev–Trinajstić information content (AvgIpc) is 2.99. The zero-order valence-electron chi connectivity index (χ0n) is 26.6. The van der Waals surface area contributed by atoms with Crippen LogP contribution in [0.25, 0.3) is 0 Å². The Morgan fingerprint density at radius 3 is 2.09 bits per heavy atom. The van der Waals surface area contributed by atoms with Gasteiger partial charge in [0.05, 0.1) is 23.9 Å². The number of pyridine rings is 1. The Kier molecular flexibility index (Phi) is 13.0. The van der Waals surface area contributed by atoms with E-state index in [-0.39, 0.29) is 32.0 Å². The minimum Gasteiger partial charge on any atom is -0.443 e. The molecule has 0 fully saturated rings. The third-order valence-corrected chi connectivity index (χ3v) is 6.84. The highest BCUT2D eigenvalue weighted by atomic mass is 16.6. The summed E-state index contributed by atoms with van der Waals surface area (Å²) >= 11 is 0. The van der Waals surface area contributed by atoms with Crippen LogP contribution >= 0.6 is 0 Å². The molecule has 3 amide bonds. The van der Waals surface area contributed by atoms with Crippen LogP contribution in [0.3, 0.4) is 0 Å². The van der Waals surface area contributed by atoms with Gasteiger partial charge in [-0.3, -0.25) is 15.2 Å². The first-order chi connectivity index (χ1) is 21.3. The Morgan fingerprint density at radius 2 is 1.53 bits per heavy atom. The van der Waals surface area contributed by atoms with Gasteiger partial charge in [-0.15, -0.1) is 0 Å². The van der Waals surface area contributed by atoms with E-state index >= 15 is 0 Å².